The van der Waals surface area contributed by atoms with E-state index in [-0.39, 0.29) is 11.8 Å². The van der Waals surface area contributed by atoms with Gasteiger partial charge in [-0.2, -0.15) is 0 Å². The topological polar surface area (TPSA) is 65.5 Å². The summed E-state index contributed by atoms with van der Waals surface area (Å²) >= 11 is 7.34. The highest BCUT2D eigenvalue weighted by Crippen LogP contribution is 2.26. The summed E-state index contributed by atoms with van der Waals surface area (Å²) in [6, 6.07) is 0.309. The number of amides is 1. The zero-order chi connectivity index (χ0) is 14.8. The van der Waals surface area contributed by atoms with Crippen molar-refractivity contribution < 1.29 is 9.90 Å². The van der Waals surface area contributed by atoms with Crippen LogP contribution in [0.1, 0.15) is 30.6 Å². The average molecular weight is 330 g/mol. The van der Waals surface area contributed by atoms with Crippen molar-refractivity contribution in [3.63, 3.8) is 0 Å². The smallest absolute Gasteiger partial charge is 0.249 e. The summed E-state index contributed by atoms with van der Waals surface area (Å²) in [5, 5.41) is 13.0. The van der Waals surface area contributed by atoms with Crippen LogP contribution < -0.4 is 5.32 Å². The summed E-state index contributed by atoms with van der Waals surface area (Å²) in [7, 11) is 0. The van der Waals surface area contributed by atoms with E-state index in [0.717, 1.165) is 50.2 Å². The Morgan fingerprint density at radius 1 is 1.48 bits per heavy atom. The maximum atomic E-state index is 11.9. The summed E-state index contributed by atoms with van der Waals surface area (Å²) in [6.45, 7) is 2.64. The van der Waals surface area contributed by atoms with E-state index in [0.29, 0.717) is 10.5 Å². The SMILES string of the molecule is O=C(NC1CC1)[C@@H](O)C1CCN(Cc2cnc(Cl)s2)CC1. The van der Waals surface area contributed by atoms with Gasteiger partial charge in [0.25, 0.3) is 0 Å². The van der Waals surface area contributed by atoms with Crippen LogP contribution in [0.4, 0.5) is 0 Å². The molecule has 0 radical (unpaired) electrons. The Morgan fingerprint density at radius 2 is 2.19 bits per heavy atom. The van der Waals surface area contributed by atoms with E-state index in [4.69, 9.17) is 11.6 Å². The Hall–Kier alpha value is -0.690. The molecule has 1 saturated carbocycles. The molecule has 2 heterocycles. The number of likely N-dealkylation sites (tertiary alicyclic amines) is 1. The van der Waals surface area contributed by atoms with Crippen molar-refractivity contribution in [1.29, 1.82) is 0 Å². The Morgan fingerprint density at radius 3 is 2.76 bits per heavy atom. The summed E-state index contributed by atoms with van der Waals surface area (Å²) in [6.07, 6.45) is 4.77. The normalized spacial score (nSPS) is 22.2. The lowest BCUT2D eigenvalue weighted by Crippen LogP contribution is -2.44. The van der Waals surface area contributed by atoms with Crippen molar-refractivity contribution in [2.45, 2.75) is 44.4 Å². The molecule has 1 atom stereocenters. The maximum Gasteiger partial charge on any atom is 0.249 e. The van der Waals surface area contributed by atoms with E-state index in [2.05, 4.69) is 15.2 Å². The molecule has 2 aliphatic rings. The lowest BCUT2D eigenvalue weighted by molar-refractivity contribution is -0.133. The third-order valence-corrected chi connectivity index (χ3v) is 5.28. The molecule has 1 aromatic rings. The molecule has 2 N–H and O–H groups in total. The molecule has 21 heavy (non-hydrogen) atoms. The number of nitrogens with one attached hydrogen (secondary N) is 1. The van der Waals surface area contributed by atoms with Crippen LogP contribution in [0, 0.1) is 5.92 Å². The molecule has 0 unspecified atom stereocenters. The number of aliphatic hydroxyl groups excluding tert-OH is 1. The summed E-state index contributed by atoms with van der Waals surface area (Å²) in [5.41, 5.74) is 0. The second kappa shape index (κ2) is 6.60. The lowest BCUT2D eigenvalue weighted by atomic mass is 9.90. The highest BCUT2D eigenvalue weighted by molar-refractivity contribution is 7.15. The molecule has 0 aromatic carbocycles. The van der Waals surface area contributed by atoms with E-state index in [1.54, 1.807) is 0 Å². The molecule has 1 saturated heterocycles. The first-order valence-electron chi connectivity index (χ1n) is 7.43. The zero-order valence-electron chi connectivity index (χ0n) is 11.8. The van der Waals surface area contributed by atoms with E-state index in [9.17, 15) is 9.90 Å². The van der Waals surface area contributed by atoms with Crippen LogP contribution in [0.15, 0.2) is 6.20 Å². The van der Waals surface area contributed by atoms with Gasteiger partial charge in [0.2, 0.25) is 5.91 Å². The van der Waals surface area contributed by atoms with Crippen molar-refractivity contribution in [3.05, 3.63) is 15.5 Å². The predicted molar refractivity (Wildman–Crippen MR) is 82.3 cm³/mol. The van der Waals surface area contributed by atoms with Gasteiger partial charge in [-0.15, -0.1) is 11.3 Å². The van der Waals surface area contributed by atoms with Gasteiger partial charge in [0, 0.05) is 23.7 Å². The van der Waals surface area contributed by atoms with Crippen molar-refractivity contribution in [3.8, 4) is 0 Å². The molecule has 1 aliphatic carbocycles. The van der Waals surface area contributed by atoms with Crippen LogP contribution in [0.3, 0.4) is 0 Å². The number of halogens is 1. The second-order valence-corrected chi connectivity index (χ2v) is 7.62. The number of thiazole rings is 1. The minimum atomic E-state index is -0.856. The third kappa shape index (κ3) is 4.16. The van der Waals surface area contributed by atoms with E-state index >= 15 is 0 Å². The summed E-state index contributed by atoms with van der Waals surface area (Å²) < 4.78 is 0.576. The number of rotatable bonds is 5. The molecule has 7 heteroatoms. The fraction of sp³-hybridized carbons (Fsp3) is 0.714. The molecule has 0 bridgehead atoms. The van der Waals surface area contributed by atoms with Crippen molar-refractivity contribution in [2.75, 3.05) is 13.1 Å². The minimum Gasteiger partial charge on any atom is -0.383 e. The quantitative estimate of drug-likeness (QED) is 0.862. The van der Waals surface area contributed by atoms with Crippen LogP contribution >= 0.6 is 22.9 Å². The average Bonchev–Trinajstić information content (AvgIpc) is 3.20. The molecule has 1 aromatic heterocycles. The van der Waals surface area contributed by atoms with Crippen LogP contribution in [0.5, 0.6) is 0 Å². The van der Waals surface area contributed by atoms with Gasteiger partial charge in [-0.3, -0.25) is 9.69 Å². The molecule has 3 rings (SSSR count). The fourth-order valence-corrected chi connectivity index (χ4v) is 3.75. The fourth-order valence-electron chi connectivity index (χ4n) is 2.73. The number of hydrogen-bond acceptors (Lipinski definition) is 5. The first kappa shape index (κ1) is 15.2. The zero-order valence-corrected chi connectivity index (χ0v) is 13.4. The standard InChI is InChI=1S/C14H20ClN3O2S/c15-14-16-7-11(21-14)8-18-5-3-9(4-6-18)12(19)13(20)17-10-1-2-10/h7,9-10,12,19H,1-6,8H2,(H,17,20)/t12-/m0/s1. The predicted octanol–water partition coefficient (Wildman–Crippen LogP) is 1.65. The minimum absolute atomic E-state index is 0.0741. The van der Waals surface area contributed by atoms with E-state index < -0.39 is 6.10 Å². The number of nitrogens with zero attached hydrogens (tertiary/aromatic N) is 2. The van der Waals surface area contributed by atoms with E-state index in [1.165, 1.54) is 11.3 Å². The molecule has 1 amide bonds. The summed E-state index contributed by atoms with van der Waals surface area (Å²) in [5.74, 6) is -0.116. The highest BCUT2D eigenvalue weighted by Gasteiger charge is 2.32. The molecule has 5 nitrogen and oxygen atoms in total. The van der Waals surface area contributed by atoms with Gasteiger partial charge in [-0.25, -0.2) is 4.98 Å². The largest absolute Gasteiger partial charge is 0.383 e. The monoisotopic (exact) mass is 329 g/mol. The van der Waals surface area contributed by atoms with Gasteiger partial charge in [0.15, 0.2) is 4.47 Å². The highest BCUT2D eigenvalue weighted by atomic mass is 35.5. The molecular formula is C14H20ClN3O2S. The molecule has 0 spiro atoms. The first-order valence-corrected chi connectivity index (χ1v) is 8.62. The van der Waals surface area contributed by atoms with Crippen molar-refractivity contribution in [1.82, 2.24) is 15.2 Å². The Kier molecular flexibility index (Phi) is 4.78. The maximum absolute atomic E-state index is 11.9. The van der Waals surface area contributed by atoms with Gasteiger partial charge in [0.1, 0.15) is 6.10 Å². The Balaban J connectivity index is 1.44. The van der Waals surface area contributed by atoms with Gasteiger partial charge in [-0.05, 0) is 44.7 Å². The van der Waals surface area contributed by atoms with E-state index in [1.807, 2.05) is 6.20 Å². The van der Waals surface area contributed by atoms with Crippen LogP contribution in [0.25, 0.3) is 0 Å². The van der Waals surface area contributed by atoms with Gasteiger partial charge in [0.05, 0.1) is 0 Å². The van der Waals surface area contributed by atoms with Gasteiger partial charge >= 0.3 is 0 Å². The second-order valence-electron chi connectivity index (χ2n) is 5.92. The summed E-state index contributed by atoms with van der Waals surface area (Å²) in [4.78, 5) is 19.4. The number of piperidine rings is 1. The van der Waals surface area contributed by atoms with Gasteiger partial charge in [-0.1, -0.05) is 11.6 Å². The van der Waals surface area contributed by atoms with Crippen molar-refractivity contribution >= 4 is 28.8 Å². The van der Waals surface area contributed by atoms with Crippen LogP contribution in [-0.2, 0) is 11.3 Å². The van der Waals surface area contributed by atoms with Gasteiger partial charge < -0.3 is 10.4 Å². The van der Waals surface area contributed by atoms with Crippen molar-refractivity contribution in [2.24, 2.45) is 5.92 Å². The molecule has 1 aliphatic heterocycles. The first-order chi connectivity index (χ1) is 10.1. The van der Waals surface area contributed by atoms with Crippen LogP contribution in [0.2, 0.25) is 4.47 Å². The third-order valence-electron chi connectivity index (χ3n) is 4.18. The Bertz CT molecular complexity index is 498. The number of carbonyl (C=O) groups excluding carboxylic acids is 1. The number of carbonyl (C=O) groups is 1. The lowest BCUT2D eigenvalue weighted by Gasteiger charge is -2.33. The number of aromatic nitrogens is 1. The molecule has 2 fully saturated rings. The Labute approximate surface area is 133 Å². The molecule has 116 valence electrons. The number of hydrogen-bond donors (Lipinski definition) is 2. The number of aliphatic hydroxyl groups is 1. The van der Waals surface area contributed by atoms with Crippen LogP contribution in [-0.4, -0.2) is 46.1 Å². The molecular weight excluding hydrogens is 310 g/mol.